The van der Waals surface area contributed by atoms with Gasteiger partial charge in [-0.05, 0) is 68.1 Å². The monoisotopic (exact) mass is 465 g/mol. The largest absolute Gasteiger partial charge is 0.416 e. The smallest absolute Gasteiger partial charge is 0.396 e. The quantitative estimate of drug-likeness (QED) is 0.432. The van der Waals surface area contributed by atoms with Crippen molar-refractivity contribution in [1.82, 2.24) is 15.1 Å². The Labute approximate surface area is 188 Å². The number of nitrogens with zero attached hydrogens (tertiary/aromatic N) is 2. The summed E-state index contributed by atoms with van der Waals surface area (Å²) in [5.74, 6) is -0.436. The fourth-order valence-electron chi connectivity index (χ4n) is 3.43. The highest BCUT2D eigenvalue weighted by atomic mass is 35.5. The molecule has 170 valence electrons. The Bertz CT molecular complexity index is 1070. The summed E-state index contributed by atoms with van der Waals surface area (Å²) >= 11 is 5.92. The summed E-state index contributed by atoms with van der Waals surface area (Å²) < 4.78 is 41.1. The van der Waals surface area contributed by atoms with Gasteiger partial charge in [0.15, 0.2) is 0 Å². The Morgan fingerprint density at radius 1 is 1.19 bits per heavy atom. The minimum Gasteiger partial charge on any atom is -0.396 e. The number of benzene rings is 2. The van der Waals surface area contributed by atoms with Gasteiger partial charge in [0.05, 0.1) is 34.7 Å². The molecule has 0 saturated heterocycles. The maximum absolute atomic E-state index is 13.2. The van der Waals surface area contributed by atoms with Crippen molar-refractivity contribution in [2.24, 2.45) is 0 Å². The predicted octanol–water partition coefficient (Wildman–Crippen LogP) is 5.49. The first kappa shape index (κ1) is 23.8. The molecule has 9 heteroatoms. The van der Waals surface area contributed by atoms with E-state index < -0.39 is 23.7 Å². The zero-order valence-electron chi connectivity index (χ0n) is 17.4. The summed E-state index contributed by atoms with van der Waals surface area (Å²) in [6, 6.07) is 11.2. The molecular weight excluding hydrogens is 443 g/mol. The number of hydrogen-bond donors (Lipinski definition) is 2. The fourth-order valence-corrected chi connectivity index (χ4v) is 3.55. The van der Waals surface area contributed by atoms with E-state index in [1.807, 2.05) is 0 Å². The van der Waals surface area contributed by atoms with Crippen molar-refractivity contribution in [3.63, 3.8) is 0 Å². The second kappa shape index (κ2) is 10.2. The zero-order chi connectivity index (χ0) is 23.3. The molecule has 1 amide bonds. The second-order valence-corrected chi connectivity index (χ2v) is 7.84. The van der Waals surface area contributed by atoms with E-state index in [0.717, 1.165) is 17.8 Å². The highest BCUT2D eigenvalue weighted by Crippen LogP contribution is 2.32. The predicted molar refractivity (Wildman–Crippen MR) is 116 cm³/mol. The first-order chi connectivity index (χ1) is 15.2. The number of unbranched alkanes of at least 4 members (excludes halogenated alkanes) is 1. The van der Waals surface area contributed by atoms with Crippen LogP contribution in [-0.4, -0.2) is 27.4 Å². The number of aliphatic hydroxyl groups excluding tert-OH is 1. The van der Waals surface area contributed by atoms with E-state index in [1.54, 1.807) is 41.9 Å². The number of carbonyl (C=O) groups excluding carboxylic acids is 1. The number of alkyl halides is 3. The van der Waals surface area contributed by atoms with Crippen LogP contribution in [0.3, 0.4) is 0 Å². The Hall–Kier alpha value is -2.84. The van der Waals surface area contributed by atoms with Gasteiger partial charge in [0.1, 0.15) is 0 Å². The number of halogens is 4. The van der Waals surface area contributed by atoms with Crippen LogP contribution in [0, 0.1) is 6.92 Å². The van der Waals surface area contributed by atoms with Crippen LogP contribution < -0.4 is 5.32 Å². The van der Waals surface area contributed by atoms with E-state index >= 15 is 0 Å². The van der Waals surface area contributed by atoms with Gasteiger partial charge >= 0.3 is 6.18 Å². The lowest BCUT2D eigenvalue weighted by atomic mass is 9.98. The number of hydrogen-bond acceptors (Lipinski definition) is 3. The molecule has 0 unspecified atom stereocenters. The average Bonchev–Trinajstić information content (AvgIpc) is 3.14. The molecule has 0 bridgehead atoms. The van der Waals surface area contributed by atoms with E-state index in [2.05, 4.69) is 10.4 Å². The molecule has 0 spiro atoms. The highest BCUT2D eigenvalue weighted by molar-refractivity contribution is 6.30. The number of aromatic nitrogens is 2. The second-order valence-electron chi connectivity index (χ2n) is 7.40. The van der Waals surface area contributed by atoms with Crippen molar-refractivity contribution in [2.45, 2.75) is 38.4 Å². The van der Waals surface area contributed by atoms with Crippen LogP contribution in [0.5, 0.6) is 0 Å². The standard InChI is InChI=1S/C23H23ClF3N3O2/c1-15-20(14-28-30(15)19-10-8-18(24)9-11-19)22(32)29-21(7-2-3-12-31)16-5-4-6-17(13-16)23(25,26)27/h4-6,8-11,13-14,21,31H,2-3,7,12H2,1H3,(H,29,32)/t21-/m0/s1. The number of aliphatic hydroxyl groups is 1. The van der Waals surface area contributed by atoms with E-state index in [9.17, 15) is 18.0 Å². The molecule has 0 aliphatic heterocycles. The molecule has 1 atom stereocenters. The summed E-state index contributed by atoms with van der Waals surface area (Å²) in [6.45, 7) is 1.71. The molecule has 3 rings (SSSR count). The molecular formula is C23H23ClF3N3O2. The Morgan fingerprint density at radius 3 is 2.56 bits per heavy atom. The van der Waals surface area contributed by atoms with Gasteiger partial charge in [0, 0.05) is 11.6 Å². The minimum atomic E-state index is -4.48. The van der Waals surface area contributed by atoms with Crippen molar-refractivity contribution in [3.05, 3.63) is 82.1 Å². The van der Waals surface area contributed by atoms with Crippen molar-refractivity contribution in [3.8, 4) is 5.69 Å². The molecule has 1 aromatic heterocycles. The molecule has 2 N–H and O–H groups in total. The van der Waals surface area contributed by atoms with Crippen molar-refractivity contribution in [1.29, 1.82) is 0 Å². The summed E-state index contributed by atoms with van der Waals surface area (Å²) in [7, 11) is 0. The SMILES string of the molecule is Cc1c(C(=O)N[C@@H](CCCCO)c2cccc(C(F)(F)F)c2)cnn1-c1ccc(Cl)cc1. The van der Waals surface area contributed by atoms with Gasteiger partial charge in [-0.2, -0.15) is 18.3 Å². The van der Waals surface area contributed by atoms with Gasteiger partial charge in [-0.1, -0.05) is 23.7 Å². The van der Waals surface area contributed by atoms with E-state index in [-0.39, 0.29) is 6.61 Å². The maximum atomic E-state index is 13.2. The molecule has 0 aliphatic rings. The van der Waals surface area contributed by atoms with Crippen LogP contribution in [0.4, 0.5) is 13.2 Å². The Kier molecular flexibility index (Phi) is 7.58. The Balaban J connectivity index is 1.85. The van der Waals surface area contributed by atoms with Crippen LogP contribution in [0.1, 0.15) is 52.5 Å². The molecule has 5 nitrogen and oxygen atoms in total. The topological polar surface area (TPSA) is 67.2 Å². The Morgan fingerprint density at radius 2 is 1.91 bits per heavy atom. The van der Waals surface area contributed by atoms with Crippen molar-refractivity contribution in [2.75, 3.05) is 6.61 Å². The molecule has 1 heterocycles. The van der Waals surface area contributed by atoms with Gasteiger partial charge < -0.3 is 10.4 Å². The van der Waals surface area contributed by atoms with Crippen molar-refractivity contribution < 1.29 is 23.1 Å². The van der Waals surface area contributed by atoms with Gasteiger partial charge in [0.2, 0.25) is 0 Å². The third-order valence-corrected chi connectivity index (χ3v) is 5.40. The highest BCUT2D eigenvalue weighted by Gasteiger charge is 2.31. The van der Waals surface area contributed by atoms with Crippen LogP contribution in [0.25, 0.3) is 5.69 Å². The molecule has 0 aliphatic carbocycles. The lowest BCUT2D eigenvalue weighted by Crippen LogP contribution is -2.29. The van der Waals surface area contributed by atoms with Crippen LogP contribution in [0.15, 0.2) is 54.7 Å². The summed E-state index contributed by atoms with van der Waals surface area (Å²) in [5.41, 5.74) is 1.21. The summed E-state index contributed by atoms with van der Waals surface area (Å²) in [5, 5.41) is 16.8. The van der Waals surface area contributed by atoms with Gasteiger partial charge in [-0.25, -0.2) is 4.68 Å². The number of nitrogens with one attached hydrogen (secondary N) is 1. The molecule has 0 saturated carbocycles. The third-order valence-electron chi connectivity index (χ3n) is 5.15. The molecule has 0 radical (unpaired) electrons. The zero-order valence-corrected chi connectivity index (χ0v) is 18.1. The van der Waals surface area contributed by atoms with Gasteiger partial charge in [-0.15, -0.1) is 0 Å². The molecule has 32 heavy (non-hydrogen) atoms. The first-order valence-corrected chi connectivity index (χ1v) is 10.5. The summed E-state index contributed by atoms with van der Waals surface area (Å²) in [4.78, 5) is 13.0. The maximum Gasteiger partial charge on any atom is 0.416 e. The number of carbonyl (C=O) groups is 1. The van der Waals surface area contributed by atoms with Gasteiger partial charge in [-0.3, -0.25) is 4.79 Å². The van der Waals surface area contributed by atoms with Crippen LogP contribution in [-0.2, 0) is 6.18 Å². The first-order valence-electron chi connectivity index (χ1n) is 10.1. The molecule has 3 aromatic rings. The number of rotatable bonds is 8. The molecule has 0 fully saturated rings. The van der Waals surface area contributed by atoms with Crippen molar-refractivity contribution >= 4 is 17.5 Å². The summed E-state index contributed by atoms with van der Waals surface area (Å²) in [6.07, 6.45) is -1.64. The number of amides is 1. The third kappa shape index (κ3) is 5.69. The van der Waals surface area contributed by atoms with Crippen LogP contribution in [0.2, 0.25) is 5.02 Å². The van der Waals surface area contributed by atoms with E-state index in [1.165, 1.54) is 12.3 Å². The average molecular weight is 466 g/mol. The molecule has 2 aromatic carbocycles. The van der Waals surface area contributed by atoms with Crippen LogP contribution >= 0.6 is 11.6 Å². The minimum absolute atomic E-state index is 0.0315. The lowest BCUT2D eigenvalue weighted by molar-refractivity contribution is -0.137. The normalized spacial score (nSPS) is 12.6. The van der Waals surface area contributed by atoms with E-state index in [0.29, 0.717) is 41.1 Å². The van der Waals surface area contributed by atoms with E-state index in [4.69, 9.17) is 16.7 Å². The lowest BCUT2D eigenvalue weighted by Gasteiger charge is -2.20. The fraction of sp³-hybridized carbons (Fsp3) is 0.304. The van der Waals surface area contributed by atoms with Gasteiger partial charge in [0.25, 0.3) is 5.91 Å².